The van der Waals surface area contributed by atoms with E-state index < -0.39 is 58.9 Å². The van der Waals surface area contributed by atoms with Crippen LogP contribution >= 0.6 is 0 Å². The molecule has 0 aromatic heterocycles. The Morgan fingerprint density at radius 2 is 1.49 bits per heavy atom. The van der Waals surface area contributed by atoms with E-state index in [0.29, 0.717) is 32.1 Å². The van der Waals surface area contributed by atoms with Crippen molar-refractivity contribution in [1.82, 2.24) is 0 Å². The molecule has 13 atom stereocenters. The van der Waals surface area contributed by atoms with Crippen molar-refractivity contribution in [1.29, 1.82) is 0 Å². The van der Waals surface area contributed by atoms with Crippen LogP contribution in [0.15, 0.2) is 11.6 Å². The van der Waals surface area contributed by atoms with Gasteiger partial charge in [-0.05, 0) is 111 Å². The second-order valence-electron chi connectivity index (χ2n) is 17.7. The number of ether oxygens (including phenoxy) is 2. The first kappa shape index (κ1) is 33.4. The molecule has 9 heteroatoms. The summed E-state index contributed by atoms with van der Waals surface area (Å²) in [6.45, 7) is 15.0. The van der Waals surface area contributed by atoms with Crippen LogP contribution in [-0.4, -0.2) is 74.3 Å². The SMILES string of the molecule is C[C@H]1O[C@@H](O[C@H]2CC[C@@]3(C)[C@@H](CC[C@]4(C)[C@H]3CC=C3[C@H]5CC(C)(C)CC[C@]5(C(=O)O)CC[C@]34C(=O)O)C2(C)C)[C@H](O)[C@@H](O)[C@@H]1O. The van der Waals surface area contributed by atoms with E-state index in [1.807, 2.05) is 0 Å². The number of carboxylic acids is 2. The Hall–Kier alpha value is -1.52. The Labute approximate surface area is 267 Å². The molecule has 9 nitrogen and oxygen atoms in total. The summed E-state index contributed by atoms with van der Waals surface area (Å²) in [5.41, 5.74) is -2.17. The van der Waals surface area contributed by atoms with Gasteiger partial charge >= 0.3 is 11.9 Å². The third-order valence-electron chi connectivity index (χ3n) is 14.9. The molecular formula is C36H56O9. The summed E-state index contributed by atoms with van der Waals surface area (Å²) in [6, 6.07) is 0. The van der Waals surface area contributed by atoms with Crippen molar-refractivity contribution in [2.75, 3.05) is 0 Å². The zero-order valence-electron chi connectivity index (χ0n) is 28.2. The van der Waals surface area contributed by atoms with Crippen molar-refractivity contribution in [3.8, 4) is 0 Å². The van der Waals surface area contributed by atoms with E-state index in [9.17, 15) is 35.1 Å². The minimum absolute atomic E-state index is 0.0443. The summed E-state index contributed by atoms with van der Waals surface area (Å²) < 4.78 is 12.3. The fraction of sp³-hybridized carbons (Fsp3) is 0.889. The molecule has 1 heterocycles. The minimum atomic E-state index is -1.36. The van der Waals surface area contributed by atoms with Crippen molar-refractivity contribution >= 4 is 11.9 Å². The number of fused-ring (bicyclic) bond motifs is 7. The molecule has 0 spiro atoms. The van der Waals surface area contributed by atoms with Gasteiger partial charge in [0.25, 0.3) is 0 Å². The average molecular weight is 633 g/mol. The van der Waals surface area contributed by atoms with Crippen LogP contribution in [0.4, 0.5) is 0 Å². The van der Waals surface area contributed by atoms with Crippen molar-refractivity contribution < 1.29 is 44.6 Å². The van der Waals surface area contributed by atoms with Gasteiger partial charge in [-0.1, -0.05) is 53.2 Å². The van der Waals surface area contributed by atoms with E-state index in [1.54, 1.807) is 6.92 Å². The predicted octanol–water partition coefficient (Wildman–Crippen LogP) is 5.15. The van der Waals surface area contributed by atoms with Gasteiger partial charge in [-0.2, -0.15) is 0 Å². The number of allylic oxidation sites excluding steroid dienone is 1. The second-order valence-corrected chi connectivity index (χ2v) is 17.7. The molecule has 1 saturated heterocycles. The maximum absolute atomic E-state index is 13.8. The average Bonchev–Trinajstić information content (AvgIpc) is 2.95. The minimum Gasteiger partial charge on any atom is -0.481 e. The lowest BCUT2D eigenvalue weighted by Gasteiger charge is -2.70. The fourth-order valence-electron chi connectivity index (χ4n) is 12.3. The van der Waals surface area contributed by atoms with Crippen molar-refractivity contribution in [3.63, 3.8) is 0 Å². The van der Waals surface area contributed by atoms with Crippen molar-refractivity contribution in [2.45, 2.75) is 149 Å². The first-order valence-electron chi connectivity index (χ1n) is 17.3. The van der Waals surface area contributed by atoms with Crippen LogP contribution in [0.5, 0.6) is 0 Å². The Morgan fingerprint density at radius 3 is 2.13 bits per heavy atom. The third-order valence-corrected chi connectivity index (χ3v) is 14.9. The topological polar surface area (TPSA) is 154 Å². The van der Waals surface area contributed by atoms with Gasteiger partial charge in [0.15, 0.2) is 6.29 Å². The smallest absolute Gasteiger partial charge is 0.314 e. The number of hydrogen-bond donors (Lipinski definition) is 5. The molecule has 5 N–H and O–H groups in total. The molecule has 0 radical (unpaired) electrons. The van der Waals surface area contributed by atoms with Gasteiger partial charge < -0.3 is 35.0 Å². The predicted molar refractivity (Wildman–Crippen MR) is 166 cm³/mol. The summed E-state index contributed by atoms with van der Waals surface area (Å²) in [4.78, 5) is 26.7. The molecule has 6 aliphatic rings. The van der Waals surface area contributed by atoms with E-state index in [4.69, 9.17) is 9.47 Å². The van der Waals surface area contributed by atoms with Crippen LogP contribution in [0.3, 0.4) is 0 Å². The van der Waals surface area contributed by atoms with E-state index in [1.165, 1.54) is 0 Å². The lowest BCUT2D eigenvalue weighted by Crippen LogP contribution is -2.68. The van der Waals surface area contributed by atoms with Gasteiger partial charge in [-0.15, -0.1) is 0 Å². The maximum atomic E-state index is 13.8. The highest BCUT2D eigenvalue weighted by molar-refractivity contribution is 5.84. The molecule has 0 bridgehead atoms. The Bertz CT molecular complexity index is 1260. The summed E-state index contributed by atoms with van der Waals surface area (Å²) in [6.07, 6.45) is 3.02. The number of hydrogen-bond acceptors (Lipinski definition) is 7. The van der Waals surface area contributed by atoms with Gasteiger partial charge in [0.2, 0.25) is 0 Å². The van der Waals surface area contributed by atoms with Crippen LogP contribution in [0.25, 0.3) is 0 Å². The number of aliphatic carboxylic acids is 2. The van der Waals surface area contributed by atoms with Gasteiger partial charge in [-0.25, -0.2) is 0 Å². The maximum Gasteiger partial charge on any atom is 0.314 e. The number of rotatable bonds is 4. The summed E-state index contributed by atoms with van der Waals surface area (Å²) >= 11 is 0. The molecule has 6 rings (SSSR count). The van der Waals surface area contributed by atoms with E-state index in [-0.39, 0.29) is 40.1 Å². The summed E-state index contributed by atoms with van der Waals surface area (Å²) in [7, 11) is 0. The fourth-order valence-corrected chi connectivity index (χ4v) is 12.3. The second kappa shape index (κ2) is 10.5. The molecule has 4 saturated carbocycles. The zero-order chi connectivity index (χ0) is 33.1. The van der Waals surface area contributed by atoms with Gasteiger partial charge in [0, 0.05) is 0 Å². The molecule has 0 unspecified atom stereocenters. The van der Waals surface area contributed by atoms with Crippen LogP contribution in [0, 0.1) is 50.2 Å². The van der Waals surface area contributed by atoms with Crippen LogP contribution in [0.1, 0.15) is 113 Å². The lowest BCUT2D eigenvalue weighted by molar-refractivity contribution is -0.324. The highest BCUT2D eigenvalue weighted by Crippen LogP contribution is 2.76. The quantitative estimate of drug-likeness (QED) is 0.209. The first-order valence-corrected chi connectivity index (χ1v) is 17.3. The molecular weight excluding hydrogens is 576 g/mol. The van der Waals surface area contributed by atoms with Crippen LogP contribution in [-0.2, 0) is 19.1 Å². The largest absolute Gasteiger partial charge is 0.481 e. The third kappa shape index (κ3) is 4.42. The highest BCUT2D eigenvalue weighted by atomic mass is 16.7. The van der Waals surface area contributed by atoms with Crippen molar-refractivity contribution in [2.24, 2.45) is 50.2 Å². The van der Waals surface area contributed by atoms with E-state index in [2.05, 4.69) is 47.6 Å². The monoisotopic (exact) mass is 632 g/mol. The van der Waals surface area contributed by atoms with E-state index >= 15 is 0 Å². The molecule has 5 aliphatic carbocycles. The van der Waals surface area contributed by atoms with E-state index in [0.717, 1.165) is 37.7 Å². The number of carboxylic acid groups (broad SMARTS) is 2. The molecule has 0 aromatic carbocycles. The number of carbonyl (C=O) groups is 2. The molecule has 0 aromatic rings. The Balaban J connectivity index is 1.35. The normalized spacial score (nSPS) is 51.9. The Kier molecular flexibility index (Phi) is 7.78. The molecule has 1 aliphatic heterocycles. The van der Waals surface area contributed by atoms with Gasteiger partial charge in [-0.3, -0.25) is 9.59 Å². The number of aliphatic hydroxyl groups excluding tert-OH is 3. The van der Waals surface area contributed by atoms with Crippen LogP contribution < -0.4 is 0 Å². The molecule has 5 fully saturated rings. The first-order chi connectivity index (χ1) is 20.8. The summed E-state index contributed by atoms with van der Waals surface area (Å²) in [5.74, 6) is -1.52. The van der Waals surface area contributed by atoms with Gasteiger partial charge in [0.1, 0.15) is 18.3 Å². The standard InChI is InChI=1S/C36H56O9/c1-19-25(37)26(38)27(39)28(44-19)45-24-11-12-33(6)22(32(24,4)5)10-13-34(7)23(33)9-8-20-21-18-31(2,3)14-15-35(21,29(40)41)16-17-36(20,34)30(42)43/h8,19,21-28,37-39H,9-18H2,1-7H3,(H,40,41)(H,42,43)/t19-,21-,22+,23+,24+,25-,26+,27-,28+,33+,34-,35+,36-/m1/s1. The zero-order valence-corrected chi connectivity index (χ0v) is 28.2. The number of aliphatic hydroxyl groups is 3. The Morgan fingerprint density at radius 1 is 0.822 bits per heavy atom. The highest BCUT2D eigenvalue weighted by Gasteiger charge is 2.73. The molecule has 45 heavy (non-hydrogen) atoms. The van der Waals surface area contributed by atoms with Gasteiger partial charge in [0.05, 0.1) is 23.0 Å². The summed E-state index contributed by atoms with van der Waals surface area (Å²) in [5, 5.41) is 53.2. The lowest BCUT2D eigenvalue weighted by atomic mass is 9.33. The van der Waals surface area contributed by atoms with Crippen molar-refractivity contribution in [3.05, 3.63) is 11.6 Å². The molecule has 0 amide bonds. The van der Waals surface area contributed by atoms with Crippen LogP contribution in [0.2, 0.25) is 0 Å². The molecule has 254 valence electrons.